The first kappa shape index (κ1) is 8.55. The minimum absolute atomic E-state index is 0.0718. The van der Waals surface area contributed by atoms with E-state index in [1.165, 1.54) is 18.2 Å². The van der Waals surface area contributed by atoms with Crippen LogP contribution in [-0.2, 0) is 0 Å². The Kier molecular flexibility index (Phi) is 2.30. The standard InChI is InChI=1S/C8H8O4/c9-4-7(11)5-2-1-3-6(10)8(5)12/h1-3,9-10,12H,4H2. The molecule has 0 fully saturated rings. The van der Waals surface area contributed by atoms with E-state index >= 15 is 0 Å². The fourth-order valence-corrected chi connectivity index (χ4v) is 0.842. The number of carbonyl (C=O) groups excluding carboxylic acids is 1. The van der Waals surface area contributed by atoms with Gasteiger partial charge in [-0.25, -0.2) is 0 Å². The summed E-state index contributed by atoms with van der Waals surface area (Å²) in [5, 5.41) is 26.5. The van der Waals surface area contributed by atoms with E-state index in [1.54, 1.807) is 0 Å². The van der Waals surface area contributed by atoms with Crippen LogP contribution in [0, 0.1) is 0 Å². The molecular weight excluding hydrogens is 160 g/mol. The predicted octanol–water partition coefficient (Wildman–Crippen LogP) is 0.273. The van der Waals surface area contributed by atoms with Gasteiger partial charge in [0.05, 0.1) is 5.56 Å². The van der Waals surface area contributed by atoms with Crippen LogP contribution < -0.4 is 0 Å². The lowest BCUT2D eigenvalue weighted by Gasteiger charge is -2.02. The van der Waals surface area contributed by atoms with Gasteiger partial charge in [-0.1, -0.05) is 6.07 Å². The average Bonchev–Trinajstić information content (AvgIpc) is 2.08. The van der Waals surface area contributed by atoms with Gasteiger partial charge in [-0.2, -0.15) is 0 Å². The van der Waals surface area contributed by atoms with E-state index in [9.17, 15) is 4.79 Å². The maximum Gasteiger partial charge on any atom is 0.192 e. The molecule has 0 unspecified atom stereocenters. The molecule has 0 heterocycles. The van der Waals surface area contributed by atoms with Crippen molar-refractivity contribution in [2.45, 2.75) is 0 Å². The van der Waals surface area contributed by atoms with Gasteiger partial charge in [0.25, 0.3) is 0 Å². The second-order valence-electron chi connectivity index (χ2n) is 2.25. The number of ketones is 1. The van der Waals surface area contributed by atoms with Gasteiger partial charge in [0.2, 0.25) is 0 Å². The quantitative estimate of drug-likeness (QED) is 0.437. The summed E-state index contributed by atoms with van der Waals surface area (Å²) in [6, 6.07) is 4.00. The Balaban J connectivity index is 3.16. The molecule has 1 rings (SSSR count). The number of rotatable bonds is 2. The van der Waals surface area contributed by atoms with Crippen LogP contribution in [-0.4, -0.2) is 27.7 Å². The Bertz CT molecular complexity index is 306. The summed E-state index contributed by atoms with van der Waals surface area (Å²) in [7, 11) is 0. The third-order valence-corrected chi connectivity index (χ3v) is 1.46. The summed E-state index contributed by atoms with van der Waals surface area (Å²) < 4.78 is 0. The van der Waals surface area contributed by atoms with Crippen molar-refractivity contribution in [3.05, 3.63) is 23.8 Å². The number of aromatic hydroxyl groups is 2. The van der Waals surface area contributed by atoms with Crippen molar-refractivity contribution in [1.82, 2.24) is 0 Å². The normalized spacial score (nSPS) is 9.75. The lowest BCUT2D eigenvalue weighted by atomic mass is 10.1. The second kappa shape index (κ2) is 3.23. The Morgan fingerprint density at radius 3 is 2.58 bits per heavy atom. The average molecular weight is 168 g/mol. The SMILES string of the molecule is O=C(CO)c1cccc(O)c1O. The van der Waals surface area contributed by atoms with E-state index in [0.717, 1.165) is 0 Å². The lowest BCUT2D eigenvalue weighted by Crippen LogP contribution is -2.04. The monoisotopic (exact) mass is 168 g/mol. The molecule has 0 bridgehead atoms. The van der Waals surface area contributed by atoms with E-state index in [1.807, 2.05) is 0 Å². The molecule has 0 aliphatic heterocycles. The molecule has 12 heavy (non-hydrogen) atoms. The highest BCUT2D eigenvalue weighted by Gasteiger charge is 2.11. The Hall–Kier alpha value is -1.55. The number of para-hydroxylation sites is 1. The van der Waals surface area contributed by atoms with Gasteiger partial charge in [0, 0.05) is 0 Å². The number of hydrogen-bond acceptors (Lipinski definition) is 4. The van der Waals surface area contributed by atoms with Crippen molar-refractivity contribution in [2.75, 3.05) is 6.61 Å². The number of phenolic OH excluding ortho intramolecular Hbond substituents is 2. The zero-order valence-corrected chi connectivity index (χ0v) is 6.19. The summed E-state index contributed by atoms with van der Waals surface area (Å²) in [5.41, 5.74) is -0.0718. The summed E-state index contributed by atoms with van der Waals surface area (Å²) in [6.45, 7) is -0.684. The minimum Gasteiger partial charge on any atom is -0.504 e. The highest BCUT2D eigenvalue weighted by molar-refractivity contribution is 6.00. The van der Waals surface area contributed by atoms with E-state index < -0.39 is 18.1 Å². The van der Waals surface area contributed by atoms with Crippen LogP contribution in [0.15, 0.2) is 18.2 Å². The molecule has 0 aliphatic rings. The van der Waals surface area contributed by atoms with Crippen LogP contribution in [0.2, 0.25) is 0 Å². The van der Waals surface area contributed by atoms with E-state index in [4.69, 9.17) is 15.3 Å². The molecular formula is C8H8O4. The molecule has 0 saturated carbocycles. The zero-order valence-electron chi connectivity index (χ0n) is 6.19. The van der Waals surface area contributed by atoms with Crippen LogP contribution in [0.5, 0.6) is 11.5 Å². The fourth-order valence-electron chi connectivity index (χ4n) is 0.842. The first-order valence-corrected chi connectivity index (χ1v) is 3.32. The molecule has 0 saturated heterocycles. The van der Waals surface area contributed by atoms with Gasteiger partial charge in [-0.05, 0) is 12.1 Å². The molecule has 3 N–H and O–H groups in total. The largest absolute Gasteiger partial charge is 0.504 e. The smallest absolute Gasteiger partial charge is 0.192 e. The molecule has 4 nitrogen and oxygen atoms in total. The van der Waals surface area contributed by atoms with Crippen LogP contribution >= 0.6 is 0 Å². The van der Waals surface area contributed by atoms with Crippen molar-refractivity contribution in [1.29, 1.82) is 0 Å². The van der Waals surface area contributed by atoms with Crippen molar-refractivity contribution < 1.29 is 20.1 Å². The molecule has 0 amide bonds. The van der Waals surface area contributed by atoms with Crippen molar-refractivity contribution in [3.63, 3.8) is 0 Å². The topological polar surface area (TPSA) is 77.8 Å². The van der Waals surface area contributed by atoms with Gasteiger partial charge < -0.3 is 15.3 Å². The highest BCUT2D eigenvalue weighted by Crippen LogP contribution is 2.28. The number of benzene rings is 1. The summed E-state index contributed by atoms with van der Waals surface area (Å²) in [5.74, 6) is -1.48. The van der Waals surface area contributed by atoms with Crippen molar-refractivity contribution in [2.24, 2.45) is 0 Å². The highest BCUT2D eigenvalue weighted by atomic mass is 16.3. The predicted molar refractivity (Wildman–Crippen MR) is 41.2 cm³/mol. The number of carbonyl (C=O) groups is 1. The van der Waals surface area contributed by atoms with Gasteiger partial charge in [0.1, 0.15) is 6.61 Å². The van der Waals surface area contributed by atoms with Crippen molar-refractivity contribution in [3.8, 4) is 11.5 Å². The molecule has 0 radical (unpaired) electrons. The first-order valence-electron chi connectivity index (χ1n) is 3.32. The lowest BCUT2D eigenvalue weighted by molar-refractivity contribution is 0.0900. The Morgan fingerprint density at radius 1 is 1.33 bits per heavy atom. The zero-order chi connectivity index (χ0) is 9.14. The molecule has 4 heteroatoms. The Labute approximate surface area is 68.7 Å². The summed E-state index contributed by atoms with van der Waals surface area (Å²) >= 11 is 0. The maximum atomic E-state index is 10.9. The van der Waals surface area contributed by atoms with Gasteiger partial charge in [0.15, 0.2) is 17.3 Å². The second-order valence-corrected chi connectivity index (χ2v) is 2.25. The van der Waals surface area contributed by atoms with Crippen LogP contribution in [0.4, 0.5) is 0 Å². The number of hydrogen-bond donors (Lipinski definition) is 3. The van der Waals surface area contributed by atoms with Gasteiger partial charge in [-0.15, -0.1) is 0 Å². The molecule has 64 valence electrons. The number of aliphatic hydroxyl groups is 1. The van der Waals surface area contributed by atoms with E-state index in [-0.39, 0.29) is 11.3 Å². The number of Topliss-reactive ketones (excluding diaryl/α,β-unsaturated/α-hetero) is 1. The Morgan fingerprint density at radius 2 is 2.00 bits per heavy atom. The molecule has 0 aromatic heterocycles. The van der Waals surface area contributed by atoms with Crippen LogP contribution in [0.1, 0.15) is 10.4 Å². The van der Waals surface area contributed by atoms with Gasteiger partial charge in [-0.3, -0.25) is 4.79 Å². The molecule has 1 aromatic rings. The summed E-state index contributed by atoms with van der Waals surface area (Å²) in [6.07, 6.45) is 0. The third kappa shape index (κ3) is 1.38. The number of phenols is 2. The fraction of sp³-hybridized carbons (Fsp3) is 0.125. The van der Waals surface area contributed by atoms with E-state index in [0.29, 0.717) is 0 Å². The maximum absolute atomic E-state index is 10.9. The third-order valence-electron chi connectivity index (χ3n) is 1.46. The van der Waals surface area contributed by atoms with Gasteiger partial charge >= 0.3 is 0 Å². The van der Waals surface area contributed by atoms with E-state index in [2.05, 4.69) is 0 Å². The van der Waals surface area contributed by atoms with Crippen LogP contribution in [0.3, 0.4) is 0 Å². The number of aliphatic hydroxyl groups excluding tert-OH is 1. The molecule has 0 aliphatic carbocycles. The minimum atomic E-state index is -0.684. The van der Waals surface area contributed by atoms with Crippen molar-refractivity contribution >= 4 is 5.78 Å². The summed E-state index contributed by atoms with van der Waals surface area (Å²) in [4.78, 5) is 10.9. The first-order chi connectivity index (χ1) is 5.66. The van der Waals surface area contributed by atoms with Crippen LogP contribution in [0.25, 0.3) is 0 Å². The molecule has 1 aromatic carbocycles. The molecule has 0 spiro atoms. The molecule has 0 atom stereocenters.